The quantitative estimate of drug-likeness (QED) is 0.584. The fraction of sp³-hybridized carbons (Fsp3) is 0.533. The average molecular weight is 369 g/mol. The zero-order valence-electron chi connectivity index (χ0n) is 13.2. The van der Waals surface area contributed by atoms with Gasteiger partial charge in [0, 0.05) is 23.7 Å². The lowest BCUT2D eigenvalue weighted by Gasteiger charge is -2.08. The van der Waals surface area contributed by atoms with Gasteiger partial charge >= 0.3 is 0 Å². The Morgan fingerprint density at radius 3 is 2.24 bits per heavy atom. The molecule has 2 rings (SSSR count). The molecule has 0 saturated carbocycles. The normalized spacial score (nSPS) is 11.1. The summed E-state index contributed by atoms with van der Waals surface area (Å²) < 4.78 is 3.18. The zero-order chi connectivity index (χ0) is 15.6. The van der Waals surface area contributed by atoms with Gasteiger partial charge in [-0.05, 0) is 55.6 Å². The minimum atomic E-state index is 0.823. The van der Waals surface area contributed by atoms with Crippen molar-refractivity contribution in [2.24, 2.45) is 0 Å². The van der Waals surface area contributed by atoms with Crippen molar-refractivity contribution in [1.82, 2.24) is 19.7 Å². The first kappa shape index (κ1) is 16.5. The van der Waals surface area contributed by atoms with Crippen molar-refractivity contribution >= 4 is 27.7 Å². The molecule has 0 amide bonds. The number of aryl methyl sites for hydroxylation is 4. The van der Waals surface area contributed by atoms with Crippen molar-refractivity contribution in [1.29, 1.82) is 0 Å². The molecule has 0 aromatic carbocycles. The van der Waals surface area contributed by atoms with Gasteiger partial charge in [0.05, 0.1) is 15.9 Å². The summed E-state index contributed by atoms with van der Waals surface area (Å²) in [6, 6.07) is 0. The van der Waals surface area contributed by atoms with Crippen LogP contribution in [0.5, 0.6) is 0 Å². The van der Waals surface area contributed by atoms with Gasteiger partial charge in [0.15, 0.2) is 5.16 Å². The summed E-state index contributed by atoms with van der Waals surface area (Å²) in [5.41, 5.74) is 5.61. The van der Waals surface area contributed by atoms with Gasteiger partial charge in [-0.2, -0.15) is 5.10 Å². The van der Waals surface area contributed by atoms with Crippen LogP contribution < -0.4 is 0 Å². The maximum Gasteiger partial charge on any atom is 0.188 e. The molecule has 0 aliphatic carbocycles. The van der Waals surface area contributed by atoms with E-state index in [-0.39, 0.29) is 0 Å². The molecule has 4 nitrogen and oxygen atoms in total. The zero-order valence-corrected chi connectivity index (χ0v) is 15.6. The molecule has 6 heteroatoms. The smallest absolute Gasteiger partial charge is 0.188 e. The first-order valence-electron chi connectivity index (χ1n) is 7.16. The molecule has 21 heavy (non-hydrogen) atoms. The molecule has 0 unspecified atom stereocenters. The van der Waals surface area contributed by atoms with Gasteiger partial charge in [0.2, 0.25) is 0 Å². The van der Waals surface area contributed by atoms with Crippen molar-refractivity contribution in [3.8, 4) is 0 Å². The highest BCUT2D eigenvalue weighted by molar-refractivity contribution is 9.10. The standard InChI is InChI=1S/C15H21BrN4S/c1-6-12-14(16)13(20(7-2)19-12)8-21-15-17-10(4)9(3)11(5)18-15/h6-8H2,1-5H3. The van der Waals surface area contributed by atoms with Crippen molar-refractivity contribution in [3.63, 3.8) is 0 Å². The van der Waals surface area contributed by atoms with Crippen molar-refractivity contribution in [2.75, 3.05) is 0 Å². The fourth-order valence-corrected chi connectivity index (χ4v) is 3.95. The average Bonchev–Trinajstić information content (AvgIpc) is 2.78. The van der Waals surface area contributed by atoms with Crippen LogP contribution in [0.15, 0.2) is 9.63 Å². The molecule has 0 radical (unpaired) electrons. The van der Waals surface area contributed by atoms with E-state index < -0.39 is 0 Å². The Labute approximate surface area is 138 Å². The summed E-state index contributed by atoms with van der Waals surface area (Å²) in [6.45, 7) is 11.3. The van der Waals surface area contributed by atoms with E-state index in [4.69, 9.17) is 0 Å². The molecule has 114 valence electrons. The summed E-state index contributed by atoms with van der Waals surface area (Å²) in [4.78, 5) is 9.14. The summed E-state index contributed by atoms with van der Waals surface area (Å²) in [7, 11) is 0. The number of hydrogen-bond acceptors (Lipinski definition) is 4. The number of aromatic nitrogens is 4. The Kier molecular flexibility index (Phi) is 5.43. The SMILES string of the molecule is CCc1nn(CC)c(CSc2nc(C)c(C)c(C)n2)c1Br. The Bertz CT molecular complexity index is 628. The maximum absolute atomic E-state index is 4.62. The summed E-state index contributed by atoms with van der Waals surface area (Å²) in [5, 5.41) is 5.46. The van der Waals surface area contributed by atoms with E-state index in [1.165, 1.54) is 11.3 Å². The van der Waals surface area contributed by atoms with Crippen molar-refractivity contribution < 1.29 is 0 Å². The van der Waals surface area contributed by atoms with E-state index in [0.29, 0.717) is 0 Å². The van der Waals surface area contributed by atoms with Crippen LogP contribution in [0, 0.1) is 20.8 Å². The molecule has 2 aromatic rings. The van der Waals surface area contributed by atoms with Gasteiger partial charge in [0.1, 0.15) is 0 Å². The molecule has 0 fully saturated rings. The molecule has 0 saturated heterocycles. The highest BCUT2D eigenvalue weighted by Gasteiger charge is 2.15. The molecular weight excluding hydrogens is 348 g/mol. The Balaban J connectivity index is 2.22. The maximum atomic E-state index is 4.62. The molecule has 0 bridgehead atoms. The monoisotopic (exact) mass is 368 g/mol. The van der Waals surface area contributed by atoms with E-state index in [1.807, 2.05) is 13.8 Å². The highest BCUT2D eigenvalue weighted by atomic mass is 79.9. The summed E-state index contributed by atoms with van der Waals surface area (Å²) in [6.07, 6.45) is 0.935. The van der Waals surface area contributed by atoms with E-state index >= 15 is 0 Å². The van der Waals surface area contributed by atoms with Crippen LogP contribution in [0.4, 0.5) is 0 Å². The first-order chi connectivity index (χ1) is 9.97. The highest BCUT2D eigenvalue weighted by Crippen LogP contribution is 2.28. The van der Waals surface area contributed by atoms with Gasteiger partial charge in [-0.25, -0.2) is 9.97 Å². The minimum absolute atomic E-state index is 0.823. The lowest BCUT2D eigenvalue weighted by atomic mass is 10.2. The van der Waals surface area contributed by atoms with Crippen LogP contribution in [0.2, 0.25) is 0 Å². The lowest BCUT2D eigenvalue weighted by Crippen LogP contribution is -2.03. The van der Waals surface area contributed by atoms with Crippen molar-refractivity contribution in [2.45, 2.75) is 58.5 Å². The van der Waals surface area contributed by atoms with Gasteiger partial charge in [-0.15, -0.1) is 0 Å². The number of thioether (sulfide) groups is 1. The predicted molar refractivity (Wildman–Crippen MR) is 90.8 cm³/mol. The van der Waals surface area contributed by atoms with E-state index in [1.54, 1.807) is 11.8 Å². The Hall–Kier alpha value is -0.880. The van der Waals surface area contributed by atoms with Crippen LogP contribution in [-0.4, -0.2) is 19.7 Å². The Morgan fingerprint density at radius 1 is 1.10 bits per heavy atom. The minimum Gasteiger partial charge on any atom is -0.268 e. The second kappa shape index (κ2) is 6.92. The molecule has 0 spiro atoms. The second-order valence-corrected chi connectivity index (χ2v) is 6.70. The van der Waals surface area contributed by atoms with E-state index in [0.717, 1.165) is 45.4 Å². The van der Waals surface area contributed by atoms with Crippen LogP contribution in [0.1, 0.15) is 42.2 Å². The van der Waals surface area contributed by atoms with Crippen LogP contribution >= 0.6 is 27.7 Å². The Morgan fingerprint density at radius 2 is 1.71 bits per heavy atom. The van der Waals surface area contributed by atoms with Gasteiger partial charge in [-0.3, -0.25) is 4.68 Å². The number of nitrogens with zero attached hydrogens (tertiary/aromatic N) is 4. The third kappa shape index (κ3) is 3.48. The molecule has 0 aliphatic rings. The molecule has 2 heterocycles. The van der Waals surface area contributed by atoms with E-state index in [9.17, 15) is 0 Å². The van der Waals surface area contributed by atoms with Gasteiger partial charge < -0.3 is 0 Å². The predicted octanol–water partition coefficient (Wildman–Crippen LogP) is 4.24. The third-order valence-corrected chi connectivity index (χ3v) is 5.42. The van der Waals surface area contributed by atoms with Crippen LogP contribution in [-0.2, 0) is 18.7 Å². The topological polar surface area (TPSA) is 43.6 Å². The summed E-state index contributed by atoms with van der Waals surface area (Å²) in [5.74, 6) is 0.823. The second-order valence-electron chi connectivity index (χ2n) is 4.97. The molecular formula is C15H21BrN4S. The third-order valence-electron chi connectivity index (χ3n) is 3.64. The fourth-order valence-electron chi connectivity index (χ4n) is 2.09. The van der Waals surface area contributed by atoms with Crippen LogP contribution in [0.25, 0.3) is 0 Å². The largest absolute Gasteiger partial charge is 0.268 e. The first-order valence-corrected chi connectivity index (χ1v) is 8.94. The van der Waals surface area contributed by atoms with E-state index in [2.05, 4.69) is 56.4 Å². The van der Waals surface area contributed by atoms with Crippen molar-refractivity contribution in [3.05, 3.63) is 32.8 Å². The van der Waals surface area contributed by atoms with Gasteiger partial charge in [-0.1, -0.05) is 18.7 Å². The molecule has 0 atom stereocenters. The number of hydrogen-bond donors (Lipinski definition) is 0. The number of halogens is 1. The molecule has 0 aliphatic heterocycles. The van der Waals surface area contributed by atoms with Gasteiger partial charge in [0.25, 0.3) is 0 Å². The molecule has 0 N–H and O–H groups in total. The summed E-state index contributed by atoms with van der Waals surface area (Å²) >= 11 is 5.34. The lowest BCUT2D eigenvalue weighted by molar-refractivity contribution is 0.627. The molecule has 2 aromatic heterocycles. The van der Waals surface area contributed by atoms with Crippen LogP contribution in [0.3, 0.4) is 0 Å². The number of rotatable bonds is 5.